The first-order chi connectivity index (χ1) is 8.25. The smallest absolute Gasteiger partial charge is 0.269 e. The summed E-state index contributed by atoms with van der Waals surface area (Å²) in [5, 5.41) is 9.86. The van der Waals surface area contributed by atoms with Crippen LogP contribution in [-0.2, 0) is 6.42 Å². The number of rotatable bonds is 4. The van der Waals surface area contributed by atoms with Gasteiger partial charge in [0.2, 0.25) is 0 Å². The molecule has 5 heteroatoms. The van der Waals surface area contributed by atoms with E-state index in [1.165, 1.54) is 0 Å². The summed E-state index contributed by atoms with van der Waals surface area (Å²) in [6.07, 6.45) is 2.32. The SMILES string of the molecule is O=C(NCCc1ccc(Cl)cc1)c1ccn[nH]1. The van der Waals surface area contributed by atoms with Crippen molar-refractivity contribution in [3.05, 3.63) is 52.8 Å². The molecule has 2 aromatic rings. The molecule has 17 heavy (non-hydrogen) atoms. The summed E-state index contributed by atoms with van der Waals surface area (Å²) < 4.78 is 0. The Kier molecular flexibility index (Phi) is 3.77. The molecule has 0 atom stereocenters. The molecule has 0 saturated carbocycles. The van der Waals surface area contributed by atoms with E-state index in [0.29, 0.717) is 12.2 Å². The lowest BCUT2D eigenvalue weighted by atomic mass is 10.1. The van der Waals surface area contributed by atoms with Gasteiger partial charge >= 0.3 is 0 Å². The molecular formula is C12H12ClN3O. The van der Waals surface area contributed by atoms with Crippen LogP contribution in [0.15, 0.2) is 36.5 Å². The standard InChI is InChI=1S/C12H12ClN3O/c13-10-3-1-9(2-4-10)5-7-14-12(17)11-6-8-15-16-11/h1-4,6,8H,5,7H2,(H,14,17)(H,15,16). The molecule has 0 aliphatic heterocycles. The van der Waals surface area contributed by atoms with Crippen LogP contribution in [0.1, 0.15) is 16.1 Å². The highest BCUT2D eigenvalue weighted by atomic mass is 35.5. The Morgan fingerprint density at radius 3 is 2.71 bits per heavy atom. The largest absolute Gasteiger partial charge is 0.350 e. The van der Waals surface area contributed by atoms with Crippen LogP contribution >= 0.6 is 11.6 Å². The number of halogens is 1. The quantitative estimate of drug-likeness (QED) is 0.871. The summed E-state index contributed by atoms with van der Waals surface area (Å²) in [6.45, 7) is 0.583. The van der Waals surface area contributed by atoms with E-state index in [4.69, 9.17) is 11.6 Å². The molecule has 1 aromatic heterocycles. The third-order valence-corrected chi connectivity index (χ3v) is 2.61. The number of amides is 1. The number of hydrogen-bond acceptors (Lipinski definition) is 2. The zero-order valence-electron chi connectivity index (χ0n) is 9.11. The normalized spacial score (nSPS) is 10.2. The number of benzene rings is 1. The molecular weight excluding hydrogens is 238 g/mol. The Bertz CT molecular complexity index is 479. The fraction of sp³-hybridized carbons (Fsp3) is 0.167. The Labute approximate surface area is 104 Å². The van der Waals surface area contributed by atoms with E-state index in [-0.39, 0.29) is 5.91 Å². The number of hydrogen-bond donors (Lipinski definition) is 2. The Hall–Kier alpha value is -1.81. The second kappa shape index (κ2) is 5.50. The summed E-state index contributed by atoms with van der Waals surface area (Å²) in [4.78, 5) is 11.5. The molecule has 1 amide bonds. The highest BCUT2D eigenvalue weighted by molar-refractivity contribution is 6.30. The van der Waals surface area contributed by atoms with E-state index in [2.05, 4.69) is 15.5 Å². The van der Waals surface area contributed by atoms with E-state index in [9.17, 15) is 4.79 Å². The van der Waals surface area contributed by atoms with E-state index in [0.717, 1.165) is 17.0 Å². The first kappa shape index (κ1) is 11.7. The van der Waals surface area contributed by atoms with Crippen LogP contribution in [0.4, 0.5) is 0 Å². The molecule has 0 unspecified atom stereocenters. The number of H-pyrrole nitrogens is 1. The van der Waals surface area contributed by atoms with Crippen molar-refractivity contribution in [3.63, 3.8) is 0 Å². The average molecular weight is 250 g/mol. The zero-order valence-corrected chi connectivity index (χ0v) is 9.87. The number of aromatic nitrogens is 2. The molecule has 0 saturated heterocycles. The number of carbonyl (C=O) groups excluding carboxylic acids is 1. The molecule has 1 heterocycles. The molecule has 0 radical (unpaired) electrons. The van der Waals surface area contributed by atoms with Crippen molar-refractivity contribution in [1.82, 2.24) is 15.5 Å². The molecule has 0 bridgehead atoms. The number of carbonyl (C=O) groups is 1. The maximum atomic E-state index is 11.5. The Balaban J connectivity index is 1.80. The third kappa shape index (κ3) is 3.32. The van der Waals surface area contributed by atoms with Crippen molar-refractivity contribution in [2.45, 2.75) is 6.42 Å². The summed E-state index contributed by atoms with van der Waals surface area (Å²) in [6, 6.07) is 9.22. The van der Waals surface area contributed by atoms with Crippen LogP contribution in [0.25, 0.3) is 0 Å². The van der Waals surface area contributed by atoms with Gasteiger partial charge in [0, 0.05) is 17.8 Å². The maximum Gasteiger partial charge on any atom is 0.269 e. The fourth-order valence-corrected chi connectivity index (χ4v) is 1.57. The highest BCUT2D eigenvalue weighted by Gasteiger charge is 2.04. The minimum atomic E-state index is -0.142. The van der Waals surface area contributed by atoms with Gasteiger partial charge in [-0.25, -0.2) is 0 Å². The van der Waals surface area contributed by atoms with Gasteiger partial charge < -0.3 is 5.32 Å². The Morgan fingerprint density at radius 1 is 1.29 bits per heavy atom. The van der Waals surface area contributed by atoms with Crippen molar-refractivity contribution in [3.8, 4) is 0 Å². The van der Waals surface area contributed by atoms with Crippen LogP contribution in [0.5, 0.6) is 0 Å². The minimum absolute atomic E-state index is 0.142. The maximum absolute atomic E-state index is 11.5. The lowest BCUT2D eigenvalue weighted by Gasteiger charge is -2.03. The molecule has 0 fully saturated rings. The third-order valence-electron chi connectivity index (χ3n) is 2.36. The van der Waals surface area contributed by atoms with E-state index < -0.39 is 0 Å². The van der Waals surface area contributed by atoms with E-state index >= 15 is 0 Å². The molecule has 88 valence electrons. The first-order valence-corrected chi connectivity index (χ1v) is 5.65. The lowest BCUT2D eigenvalue weighted by Crippen LogP contribution is -2.25. The number of nitrogens with zero attached hydrogens (tertiary/aromatic N) is 1. The van der Waals surface area contributed by atoms with Gasteiger partial charge in [-0.3, -0.25) is 9.89 Å². The molecule has 2 rings (SSSR count). The van der Waals surface area contributed by atoms with E-state index in [1.807, 2.05) is 24.3 Å². The van der Waals surface area contributed by atoms with Gasteiger partial charge in [0.05, 0.1) is 0 Å². The molecule has 2 N–H and O–H groups in total. The van der Waals surface area contributed by atoms with Crippen LogP contribution < -0.4 is 5.32 Å². The summed E-state index contributed by atoms with van der Waals surface area (Å²) >= 11 is 5.78. The van der Waals surface area contributed by atoms with Crippen LogP contribution in [0.2, 0.25) is 5.02 Å². The van der Waals surface area contributed by atoms with Crippen LogP contribution in [0, 0.1) is 0 Å². The van der Waals surface area contributed by atoms with Crippen LogP contribution in [-0.4, -0.2) is 22.6 Å². The summed E-state index contributed by atoms with van der Waals surface area (Å²) in [7, 11) is 0. The topological polar surface area (TPSA) is 57.8 Å². The lowest BCUT2D eigenvalue weighted by molar-refractivity contribution is 0.0949. The average Bonchev–Trinajstić information content (AvgIpc) is 2.85. The molecule has 1 aromatic carbocycles. The zero-order chi connectivity index (χ0) is 12.1. The second-order valence-corrected chi connectivity index (χ2v) is 4.04. The van der Waals surface area contributed by atoms with Gasteiger partial charge in [-0.05, 0) is 30.2 Å². The Morgan fingerprint density at radius 2 is 2.06 bits per heavy atom. The predicted molar refractivity (Wildman–Crippen MR) is 66.1 cm³/mol. The van der Waals surface area contributed by atoms with Gasteiger partial charge in [0.1, 0.15) is 5.69 Å². The van der Waals surface area contributed by atoms with Gasteiger partial charge in [0.15, 0.2) is 0 Å². The van der Waals surface area contributed by atoms with Gasteiger partial charge in [-0.15, -0.1) is 0 Å². The van der Waals surface area contributed by atoms with Crippen LogP contribution in [0.3, 0.4) is 0 Å². The first-order valence-electron chi connectivity index (χ1n) is 5.28. The van der Waals surface area contributed by atoms with Crippen molar-refractivity contribution in [1.29, 1.82) is 0 Å². The van der Waals surface area contributed by atoms with Crippen molar-refractivity contribution in [2.75, 3.05) is 6.54 Å². The monoisotopic (exact) mass is 249 g/mol. The molecule has 0 spiro atoms. The fourth-order valence-electron chi connectivity index (χ4n) is 1.45. The minimum Gasteiger partial charge on any atom is -0.350 e. The van der Waals surface area contributed by atoms with Crippen molar-refractivity contribution in [2.24, 2.45) is 0 Å². The summed E-state index contributed by atoms with van der Waals surface area (Å²) in [5.74, 6) is -0.142. The number of aromatic amines is 1. The number of nitrogens with one attached hydrogen (secondary N) is 2. The highest BCUT2D eigenvalue weighted by Crippen LogP contribution is 2.09. The summed E-state index contributed by atoms with van der Waals surface area (Å²) in [5.41, 5.74) is 1.61. The molecule has 0 aliphatic carbocycles. The second-order valence-electron chi connectivity index (χ2n) is 3.60. The van der Waals surface area contributed by atoms with Crippen molar-refractivity contribution >= 4 is 17.5 Å². The van der Waals surface area contributed by atoms with Gasteiger partial charge in [-0.1, -0.05) is 23.7 Å². The van der Waals surface area contributed by atoms with E-state index in [1.54, 1.807) is 12.3 Å². The van der Waals surface area contributed by atoms with Gasteiger partial charge in [0.25, 0.3) is 5.91 Å². The molecule has 4 nitrogen and oxygen atoms in total. The predicted octanol–water partition coefficient (Wildman–Crippen LogP) is 2.04. The van der Waals surface area contributed by atoms with Crippen molar-refractivity contribution < 1.29 is 4.79 Å². The van der Waals surface area contributed by atoms with Gasteiger partial charge in [-0.2, -0.15) is 5.10 Å². The molecule has 0 aliphatic rings.